The van der Waals surface area contributed by atoms with Gasteiger partial charge in [0.15, 0.2) is 4.34 Å². The van der Waals surface area contributed by atoms with Crippen LogP contribution in [0.4, 0.5) is 5.13 Å². The molecule has 0 aromatic carbocycles. The van der Waals surface area contributed by atoms with Crippen molar-refractivity contribution in [1.29, 1.82) is 0 Å². The minimum Gasteiger partial charge on any atom is -0.481 e. The predicted octanol–water partition coefficient (Wildman–Crippen LogP) is 0.857. The van der Waals surface area contributed by atoms with E-state index in [9.17, 15) is 4.79 Å². The number of piperazine rings is 1. The van der Waals surface area contributed by atoms with Crippen molar-refractivity contribution in [3.05, 3.63) is 0 Å². The van der Waals surface area contributed by atoms with Crippen molar-refractivity contribution < 1.29 is 9.90 Å². The molecule has 1 aliphatic rings. The second-order valence-corrected chi connectivity index (χ2v) is 6.13. The first-order valence-corrected chi connectivity index (χ1v) is 7.64. The molecular formula is C10H16N4O2S2. The van der Waals surface area contributed by atoms with Gasteiger partial charge in [0, 0.05) is 26.2 Å². The molecule has 0 saturated carbocycles. The van der Waals surface area contributed by atoms with E-state index in [-0.39, 0.29) is 5.75 Å². The lowest BCUT2D eigenvalue weighted by Gasteiger charge is -2.33. The number of carbonyl (C=O) groups is 1. The number of rotatable bonds is 5. The normalized spacial score (nSPS) is 17.1. The zero-order valence-electron chi connectivity index (χ0n) is 10.2. The minimum atomic E-state index is -0.826. The van der Waals surface area contributed by atoms with Crippen LogP contribution in [0.2, 0.25) is 0 Å². The standard InChI is InChI=1S/C10H16N4O2S2/c1-2-13-3-5-14(6-4-13)9-11-12-10(18-9)17-7-8(15)16/h2-7H2,1H3,(H,15,16). The summed E-state index contributed by atoms with van der Waals surface area (Å²) in [7, 11) is 0. The number of hydrogen-bond donors (Lipinski definition) is 1. The summed E-state index contributed by atoms with van der Waals surface area (Å²) in [6.45, 7) is 7.28. The molecule has 2 heterocycles. The fraction of sp³-hybridized carbons (Fsp3) is 0.700. The number of thioether (sulfide) groups is 1. The van der Waals surface area contributed by atoms with Crippen LogP contribution in [0.1, 0.15) is 6.92 Å². The summed E-state index contributed by atoms with van der Waals surface area (Å²) in [4.78, 5) is 15.1. The predicted molar refractivity (Wildman–Crippen MR) is 72.6 cm³/mol. The van der Waals surface area contributed by atoms with E-state index in [0.29, 0.717) is 0 Å². The van der Waals surface area contributed by atoms with Crippen molar-refractivity contribution in [1.82, 2.24) is 15.1 Å². The largest absolute Gasteiger partial charge is 0.481 e. The summed E-state index contributed by atoms with van der Waals surface area (Å²) >= 11 is 2.70. The van der Waals surface area contributed by atoms with Gasteiger partial charge in [-0.1, -0.05) is 30.0 Å². The highest BCUT2D eigenvalue weighted by Crippen LogP contribution is 2.28. The topological polar surface area (TPSA) is 69.6 Å². The molecule has 0 aliphatic carbocycles. The highest BCUT2D eigenvalue weighted by atomic mass is 32.2. The smallest absolute Gasteiger partial charge is 0.313 e. The highest BCUT2D eigenvalue weighted by Gasteiger charge is 2.19. The molecule has 0 radical (unpaired) electrons. The molecule has 1 saturated heterocycles. The molecule has 0 amide bonds. The minimum absolute atomic E-state index is 0.0399. The Morgan fingerprint density at radius 3 is 2.72 bits per heavy atom. The molecule has 1 aliphatic heterocycles. The molecule has 6 nitrogen and oxygen atoms in total. The molecule has 1 N–H and O–H groups in total. The van der Waals surface area contributed by atoms with Crippen molar-refractivity contribution in [3.63, 3.8) is 0 Å². The van der Waals surface area contributed by atoms with Crippen LogP contribution in [0.3, 0.4) is 0 Å². The molecule has 0 spiro atoms. The van der Waals surface area contributed by atoms with Crippen LogP contribution < -0.4 is 4.90 Å². The maximum atomic E-state index is 10.5. The summed E-state index contributed by atoms with van der Waals surface area (Å²) < 4.78 is 0.727. The van der Waals surface area contributed by atoms with E-state index in [1.165, 1.54) is 23.1 Å². The number of hydrogen-bond acceptors (Lipinski definition) is 7. The third-order valence-corrected chi connectivity index (χ3v) is 4.91. The van der Waals surface area contributed by atoms with Crippen molar-refractivity contribution >= 4 is 34.2 Å². The lowest BCUT2D eigenvalue weighted by atomic mass is 10.3. The average molecular weight is 288 g/mol. The number of likely N-dealkylation sites (N-methyl/N-ethyl adjacent to an activating group) is 1. The van der Waals surface area contributed by atoms with Gasteiger partial charge in [0.05, 0.1) is 5.75 Å². The summed E-state index contributed by atoms with van der Waals surface area (Å²) in [5.41, 5.74) is 0. The van der Waals surface area contributed by atoms with Crippen molar-refractivity contribution in [2.24, 2.45) is 0 Å². The van der Waals surface area contributed by atoms with Crippen LogP contribution in [0.5, 0.6) is 0 Å². The third kappa shape index (κ3) is 3.56. The van der Waals surface area contributed by atoms with Crippen LogP contribution in [0.15, 0.2) is 4.34 Å². The van der Waals surface area contributed by atoms with E-state index >= 15 is 0 Å². The molecule has 8 heteroatoms. The van der Waals surface area contributed by atoms with Gasteiger partial charge in [0.2, 0.25) is 5.13 Å². The van der Waals surface area contributed by atoms with E-state index in [1.54, 1.807) is 0 Å². The molecule has 2 rings (SSSR count). The zero-order chi connectivity index (χ0) is 13.0. The molecule has 0 bridgehead atoms. The molecular weight excluding hydrogens is 272 g/mol. The van der Waals surface area contributed by atoms with Crippen molar-refractivity contribution in [2.75, 3.05) is 43.4 Å². The zero-order valence-corrected chi connectivity index (χ0v) is 11.8. The first-order valence-electron chi connectivity index (χ1n) is 5.84. The quantitative estimate of drug-likeness (QED) is 0.806. The Balaban J connectivity index is 1.88. The number of nitrogens with zero attached hydrogens (tertiary/aromatic N) is 4. The highest BCUT2D eigenvalue weighted by molar-refractivity contribution is 8.01. The van der Waals surface area contributed by atoms with Gasteiger partial charge in [0.1, 0.15) is 0 Å². The van der Waals surface area contributed by atoms with Gasteiger partial charge in [-0.25, -0.2) is 0 Å². The Kier molecular flexibility index (Phi) is 4.79. The SMILES string of the molecule is CCN1CCN(c2nnc(SCC(=O)O)s2)CC1. The molecule has 0 unspecified atom stereocenters. The second kappa shape index (κ2) is 6.35. The van der Waals surface area contributed by atoms with Gasteiger partial charge in [-0.05, 0) is 6.54 Å². The Bertz CT molecular complexity index is 404. The van der Waals surface area contributed by atoms with Gasteiger partial charge in [-0.15, -0.1) is 10.2 Å². The van der Waals surface area contributed by atoms with Gasteiger partial charge in [-0.3, -0.25) is 4.79 Å². The van der Waals surface area contributed by atoms with Gasteiger partial charge < -0.3 is 14.9 Å². The first-order chi connectivity index (χ1) is 8.69. The molecule has 1 aromatic rings. The van der Waals surface area contributed by atoms with E-state index in [0.717, 1.165) is 42.2 Å². The van der Waals surface area contributed by atoms with Gasteiger partial charge >= 0.3 is 5.97 Å². The average Bonchev–Trinajstić information content (AvgIpc) is 2.85. The molecule has 1 aromatic heterocycles. The number of carboxylic acids is 1. The molecule has 1 fully saturated rings. The lowest BCUT2D eigenvalue weighted by molar-refractivity contribution is -0.133. The van der Waals surface area contributed by atoms with Crippen LogP contribution in [0.25, 0.3) is 0 Å². The maximum Gasteiger partial charge on any atom is 0.313 e. The van der Waals surface area contributed by atoms with Gasteiger partial charge in [-0.2, -0.15) is 0 Å². The number of anilines is 1. The van der Waals surface area contributed by atoms with Crippen LogP contribution in [-0.4, -0.2) is 64.6 Å². The van der Waals surface area contributed by atoms with Crippen LogP contribution >= 0.6 is 23.1 Å². The van der Waals surface area contributed by atoms with Gasteiger partial charge in [0.25, 0.3) is 0 Å². The Morgan fingerprint density at radius 2 is 2.11 bits per heavy atom. The molecule has 0 atom stereocenters. The van der Waals surface area contributed by atoms with E-state index < -0.39 is 5.97 Å². The lowest BCUT2D eigenvalue weighted by Crippen LogP contribution is -2.46. The molecule has 18 heavy (non-hydrogen) atoms. The number of aromatic nitrogens is 2. The third-order valence-electron chi connectivity index (χ3n) is 2.80. The van der Waals surface area contributed by atoms with Crippen molar-refractivity contribution in [3.8, 4) is 0 Å². The van der Waals surface area contributed by atoms with Crippen LogP contribution in [0, 0.1) is 0 Å². The first kappa shape index (κ1) is 13.6. The van der Waals surface area contributed by atoms with Crippen molar-refractivity contribution in [2.45, 2.75) is 11.3 Å². The van der Waals surface area contributed by atoms with Crippen LogP contribution in [-0.2, 0) is 4.79 Å². The maximum absolute atomic E-state index is 10.5. The summed E-state index contributed by atoms with van der Waals surface area (Å²) in [5.74, 6) is -0.786. The number of aliphatic carboxylic acids is 1. The Labute approximate surface area is 114 Å². The molecule has 100 valence electrons. The second-order valence-electron chi connectivity index (χ2n) is 3.95. The Morgan fingerprint density at radius 1 is 1.39 bits per heavy atom. The summed E-state index contributed by atoms with van der Waals surface area (Å²) in [6, 6.07) is 0. The fourth-order valence-corrected chi connectivity index (χ4v) is 3.38. The Hall–Kier alpha value is -0.860. The number of carboxylic acid groups (broad SMARTS) is 1. The summed E-state index contributed by atoms with van der Waals surface area (Å²) in [6.07, 6.45) is 0. The van der Waals surface area contributed by atoms with E-state index in [2.05, 4.69) is 26.9 Å². The van der Waals surface area contributed by atoms with E-state index in [4.69, 9.17) is 5.11 Å². The fourth-order valence-electron chi connectivity index (χ4n) is 1.77. The monoisotopic (exact) mass is 288 g/mol. The summed E-state index contributed by atoms with van der Waals surface area (Å²) in [5, 5.41) is 17.7. The van der Waals surface area contributed by atoms with E-state index in [1.807, 2.05) is 0 Å².